The first-order chi connectivity index (χ1) is 14.5. The molecule has 2 aliphatic rings. The van der Waals surface area contributed by atoms with Crippen molar-refractivity contribution in [1.29, 1.82) is 0 Å². The Hall–Kier alpha value is -2.89. The number of fused-ring (bicyclic) bond motifs is 1. The molecule has 2 amide bonds. The van der Waals surface area contributed by atoms with Crippen LogP contribution in [-0.4, -0.2) is 30.5 Å². The van der Waals surface area contributed by atoms with Crippen molar-refractivity contribution in [2.24, 2.45) is 0 Å². The van der Waals surface area contributed by atoms with Crippen LogP contribution >= 0.6 is 0 Å². The average Bonchev–Trinajstić information content (AvgIpc) is 3.31. The minimum atomic E-state index is -0.611. The zero-order chi connectivity index (χ0) is 21.1. The summed E-state index contributed by atoms with van der Waals surface area (Å²) in [7, 11) is 1.54. The highest BCUT2D eigenvalue weighted by molar-refractivity contribution is 5.80. The largest absolute Gasteiger partial charge is 0.497 e. The van der Waals surface area contributed by atoms with Gasteiger partial charge >= 0.3 is 0 Å². The molecular weight excluding hydrogens is 383 g/mol. The second-order valence-electron chi connectivity index (χ2n) is 8.40. The van der Waals surface area contributed by atoms with Gasteiger partial charge in [0.05, 0.1) is 7.11 Å². The summed E-state index contributed by atoms with van der Waals surface area (Å²) in [5.74, 6) is 0.165. The summed E-state index contributed by atoms with van der Waals surface area (Å²) in [6.07, 6.45) is 3.77. The van der Waals surface area contributed by atoms with E-state index in [2.05, 4.69) is 22.8 Å². The van der Waals surface area contributed by atoms with Gasteiger partial charge in [-0.2, -0.15) is 0 Å². The molecule has 0 spiro atoms. The molecule has 1 aliphatic carbocycles. The summed E-state index contributed by atoms with van der Waals surface area (Å²) >= 11 is 0. The summed E-state index contributed by atoms with van der Waals surface area (Å²) in [6, 6.07) is 13.0. The van der Waals surface area contributed by atoms with Crippen molar-refractivity contribution in [2.45, 2.75) is 56.5 Å². The third kappa shape index (κ3) is 4.48. The quantitative estimate of drug-likeness (QED) is 0.737. The van der Waals surface area contributed by atoms with E-state index in [0.717, 1.165) is 12.8 Å². The number of carbonyl (C=O) groups excluding carboxylic acids is 2. The molecule has 0 aromatic heterocycles. The summed E-state index contributed by atoms with van der Waals surface area (Å²) in [4.78, 5) is 24.6. The molecule has 0 bridgehead atoms. The van der Waals surface area contributed by atoms with Gasteiger partial charge in [-0.15, -0.1) is 0 Å². The number of amides is 2. The van der Waals surface area contributed by atoms with Crippen molar-refractivity contribution >= 4 is 11.8 Å². The van der Waals surface area contributed by atoms with E-state index in [-0.39, 0.29) is 23.7 Å². The van der Waals surface area contributed by atoms with Crippen LogP contribution in [-0.2, 0) is 28.9 Å². The third-order valence-electron chi connectivity index (χ3n) is 6.26. The lowest BCUT2D eigenvalue weighted by Crippen LogP contribution is -2.45. The van der Waals surface area contributed by atoms with Crippen LogP contribution in [0.2, 0.25) is 0 Å². The SMILES string of the molecule is COc1ccc(F)c(C[C@@]2(CCC(=O)NC3Cc4ccccc4C3)CCC(=O)N2)c1. The van der Waals surface area contributed by atoms with Crippen LogP contribution < -0.4 is 15.4 Å². The molecule has 1 fully saturated rings. The minimum Gasteiger partial charge on any atom is -0.497 e. The van der Waals surface area contributed by atoms with Crippen molar-refractivity contribution in [1.82, 2.24) is 10.6 Å². The Kier molecular flexibility index (Phi) is 5.75. The van der Waals surface area contributed by atoms with Gasteiger partial charge in [-0.1, -0.05) is 24.3 Å². The molecule has 0 saturated carbocycles. The number of methoxy groups -OCH3 is 1. The molecule has 1 atom stereocenters. The average molecular weight is 410 g/mol. The van der Waals surface area contributed by atoms with E-state index in [9.17, 15) is 14.0 Å². The van der Waals surface area contributed by atoms with Crippen LogP contribution in [0.15, 0.2) is 42.5 Å². The van der Waals surface area contributed by atoms with Gasteiger partial charge in [-0.25, -0.2) is 4.39 Å². The van der Waals surface area contributed by atoms with E-state index in [0.29, 0.717) is 43.4 Å². The third-order valence-corrected chi connectivity index (χ3v) is 6.26. The molecule has 1 heterocycles. The molecule has 2 aromatic carbocycles. The molecule has 30 heavy (non-hydrogen) atoms. The lowest BCUT2D eigenvalue weighted by atomic mass is 9.84. The molecular formula is C24H27FN2O3. The van der Waals surface area contributed by atoms with Crippen molar-refractivity contribution in [3.63, 3.8) is 0 Å². The van der Waals surface area contributed by atoms with Crippen molar-refractivity contribution in [3.8, 4) is 5.75 Å². The van der Waals surface area contributed by atoms with Crippen molar-refractivity contribution in [3.05, 3.63) is 65.0 Å². The van der Waals surface area contributed by atoms with Gasteiger partial charge in [0, 0.05) is 24.4 Å². The maximum absolute atomic E-state index is 14.4. The monoisotopic (exact) mass is 410 g/mol. The highest BCUT2D eigenvalue weighted by Crippen LogP contribution is 2.32. The summed E-state index contributed by atoms with van der Waals surface area (Å²) < 4.78 is 19.6. The van der Waals surface area contributed by atoms with E-state index in [1.54, 1.807) is 12.1 Å². The van der Waals surface area contributed by atoms with Crippen LogP contribution in [0.25, 0.3) is 0 Å². The van der Waals surface area contributed by atoms with Crippen LogP contribution in [0.4, 0.5) is 4.39 Å². The van der Waals surface area contributed by atoms with Crippen LogP contribution in [0.3, 0.4) is 0 Å². The maximum Gasteiger partial charge on any atom is 0.220 e. The van der Waals surface area contributed by atoms with E-state index in [1.807, 2.05) is 12.1 Å². The molecule has 2 N–H and O–H groups in total. The number of nitrogens with one attached hydrogen (secondary N) is 2. The Labute approximate surface area is 176 Å². The van der Waals surface area contributed by atoms with Crippen LogP contribution in [0.1, 0.15) is 42.4 Å². The second kappa shape index (κ2) is 8.46. The highest BCUT2D eigenvalue weighted by atomic mass is 19.1. The minimum absolute atomic E-state index is 0.0283. The number of benzene rings is 2. The zero-order valence-electron chi connectivity index (χ0n) is 17.2. The topological polar surface area (TPSA) is 67.4 Å². The summed E-state index contributed by atoms with van der Waals surface area (Å²) in [6.45, 7) is 0. The molecule has 0 radical (unpaired) electrons. The number of halogens is 1. The predicted molar refractivity (Wildman–Crippen MR) is 112 cm³/mol. The molecule has 2 aromatic rings. The van der Waals surface area contributed by atoms with Crippen LogP contribution in [0, 0.1) is 5.82 Å². The Morgan fingerprint density at radius 3 is 2.60 bits per heavy atom. The molecule has 1 saturated heterocycles. The zero-order valence-corrected chi connectivity index (χ0v) is 17.2. The van der Waals surface area contributed by atoms with Crippen molar-refractivity contribution < 1.29 is 18.7 Å². The fourth-order valence-corrected chi connectivity index (χ4v) is 4.67. The van der Waals surface area contributed by atoms with Crippen molar-refractivity contribution in [2.75, 3.05) is 7.11 Å². The van der Waals surface area contributed by atoms with E-state index < -0.39 is 5.54 Å². The Bertz CT molecular complexity index is 936. The molecule has 6 heteroatoms. The van der Waals surface area contributed by atoms with Gasteiger partial charge in [0.1, 0.15) is 11.6 Å². The number of ether oxygens (including phenoxy) is 1. The predicted octanol–water partition coefficient (Wildman–Crippen LogP) is 3.09. The molecule has 1 aliphatic heterocycles. The van der Waals surface area contributed by atoms with E-state index in [4.69, 9.17) is 4.74 Å². The highest BCUT2D eigenvalue weighted by Gasteiger charge is 2.38. The number of hydrogen-bond acceptors (Lipinski definition) is 3. The standard InChI is InChI=1S/C24H27FN2O3/c1-30-20-6-7-21(25)18(14-20)15-24(11-9-23(29)27-24)10-8-22(28)26-19-12-16-4-2-3-5-17(16)13-19/h2-7,14,19H,8-13,15H2,1H3,(H,26,28)(H,27,29)/t24-/m1/s1. The summed E-state index contributed by atoms with van der Waals surface area (Å²) in [5.41, 5.74) is 2.45. The lowest BCUT2D eigenvalue weighted by molar-refractivity contribution is -0.123. The van der Waals surface area contributed by atoms with Gasteiger partial charge in [-0.3, -0.25) is 9.59 Å². The maximum atomic E-state index is 14.4. The lowest BCUT2D eigenvalue weighted by Gasteiger charge is -2.30. The molecule has 158 valence electrons. The first-order valence-electron chi connectivity index (χ1n) is 10.5. The number of carbonyl (C=O) groups is 2. The van der Waals surface area contributed by atoms with Gasteiger partial charge < -0.3 is 15.4 Å². The van der Waals surface area contributed by atoms with Gasteiger partial charge in [0.15, 0.2) is 0 Å². The molecule has 4 rings (SSSR count). The van der Waals surface area contributed by atoms with Gasteiger partial charge in [-0.05, 0) is 67.0 Å². The van der Waals surface area contributed by atoms with E-state index in [1.165, 1.54) is 24.3 Å². The number of rotatable bonds is 7. The Morgan fingerprint density at radius 2 is 1.97 bits per heavy atom. The second-order valence-corrected chi connectivity index (χ2v) is 8.40. The Morgan fingerprint density at radius 1 is 1.23 bits per heavy atom. The fraction of sp³-hybridized carbons (Fsp3) is 0.417. The van der Waals surface area contributed by atoms with Gasteiger partial charge in [0.2, 0.25) is 11.8 Å². The molecule has 5 nitrogen and oxygen atoms in total. The fourth-order valence-electron chi connectivity index (χ4n) is 4.67. The van der Waals surface area contributed by atoms with Gasteiger partial charge in [0.25, 0.3) is 0 Å². The Balaban J connectivity index is 1.39. The first-order valence-corrected chi connectivity index (χ1v) is 10.5. The summed E-state index contributed by atoms with van der Waals surface area (Å²) in [5, 5.41) is 6.14. The first kappa shape index (κ1) is 20.4. The normalized spacial score (nSPS) is 20.7. The molecule has 0 unspecified atom stereocenters. The van der Waals surface area contributed by atoms with Crippen LogP contribution in [0.5, 0.6) is 5.75 Å². The number of hydrogen-bond donors (Lipinski definition) is 2. The smallest absolute Gasteiger partial charge is 0.220 e. The van der Waals surface area contributed by atoms with E-state index >= 15 is 0 Å².